The van der Waals surface area contributed by atoms with Gasteiger partial charge in [0.05, 0.1) is 11.7 Å². The van der Waals surface area contributed by atoms with E-state index >= 15 is 0 Å². The number of H-pyrrole nitrogens is 1. The molecule has 0 spiro atoms. The fourth-order valence-corrected chi connectivity index (χ4v) is 1.85. The van der Waals surface area contributed by atoms with Gasteiger partial charge in [-0.1, -0.05) is 12.1 Å². The van der Waals surface area contributed by atoms with E-state index < -0.39 is 23.8 Å². The molecular weight excluding hydrogens is 299 g/mol. The van der Waals surface area contributed by atoms with E-state index in [0.29, 0.717) is 5.69 Å². The number of aliphatic hydroxyl groups excluding tert-OH is 1. The Kier molecular flexibility index (Phi) is 4.51. The Morgan fingerprint density at radius 2 is 2.14 bits per heavy atom. The fraction of sp³-hybridized carbons (Fsp3) is 0.286. The number of aryl methyl sites for hydroxylation is 1. The monoisotopic (exact) mass is 313 g/mol. The number of alkyl halides is 3. The summed E-state index contributed by atoms with van der Waals surface area (Å²) >= 11 is 0. The van der Waals surface area contributed by atoms with Crippen molar-refractivity contribution in [2.45, 2.75) is 19.2 Å². The number of carbonyl (C=O) groups is 1. The van der Waals surface area contributed by atoms with Crippen LogP contribution in [0.2, 0.25) is 0 Å². The number of nitrogens with zero attached hydrogens (tertiary/aromatic N) is 1. The molecule has 0 bridgehead atoms. The van der Waals surface area contributed by atoms with E-state index in [9.17, 15) is 23.1 Å². The third kappa shape index (κ3) is 3.85. The van der Waals surface area contributed by atoms with Gasteiger partial charge in [0.2, 0.25) is 0 Å². The highest BCUT2D eigenvalue weighted by Gasteiger charge is 2.30. The number of carbonyl (C=O) groups excluding carboxylic acids is 1. The zero-order valence-electron chi connectivity index (χ0n) is 11.6. The standard InChI is InChI=1S/C14H14F3N3O2/c1-8-5-11(20-19-8)13(22)18-7-12(21)9-3-2-4-10(6-9)14(15,16)17/h2-6,12,21H,7H2,1H3,(H,18,22)(H,19,20). The molecule has 2 aromatic rings. The summed E-state index contributed by atoms with van der Waals surface area (Å²) in [6.07, 6.45) is -5.72. The second-order valence-corrected chi connectivity index (χ2v) is 4.79. The van der Waals surface area contributed by atoms with Gasteiger partial charge >= 0.3 is 6.18 Å². The molecule has 1 atom stereocenters. The van der Waals surface area contributed by atoms with Gasteiger partial charge in [-0.25, -0.2) is 0 Å². The van der Waals surface area contributed by atoms with Gasteiger partial charge in [0.15, 0.2) is 0 Å². The van der Waals surface area contributed by atoms with Crippen molar-refractivity contribution in [1.29, 1.82) is 0 Å². The summed E-state index contributed by atoms with van der Waals surface area (Å²) in [7, 11) is 0. The SMILES string of the molecule is Cc1cc(C(=O)NCC(O)c2cccc(C(F)(F)F)c2)n[nH]1. The Morgan fingerprint density at radius 3 is 2.73 bits per heavy atom. The summed E-state index contributed by atoms with van der Waals surface area (Å²) in [4.78, 5) is 11.7. The van der Waals surface area contributed by atoms with E-state index in [4.69, 9.17) is 0 Å². The molecule has 2 rings (SSSR count). The molecule has 0 aliphatic heterocycles. The molecule has 0 aliphatic carbocycles. The fourth-order valence-electron chi connectivity index (χ4n) is 1.85. The third-order valence-corrected chi connectivity index (χ3v) is 2.99. The third-order valence-electron chi connectivity index (χ3n) is 2.99. The Morgan fingerprint density at radius 1 is 1.41 bits per heavy atom. The molecule has 0 fully saturated rings. The molecule has 0 saturated heterocycles. The zero-order valence-corrected chi connectivity index (χ0v) is 11.6. The van der Waals surface area contributed by atoms with Gasteiger partial charge in [0.1, 0.15) is 5.69 Å². The van der Waals surface area contributed by atoms with Gasteiger partial charge in [-0.2, -0.15) is 18.3 Å². The highest BCUT2D eigenvalue weighted by molar-refractivity contribution is 5.92. The number of aromatic nitrogens is 2. The number of hydrogen-bond donors (Lipinski definition) is 3. The lowest BCUT2D eigenvalue weighted by Crippen LogP contribution is -2.28. The van der Waals surface area contributed by atoms with Crippen molar-refractivity contribution in [3.8, 4) is 0 Å². The molecule has 0 radical (unpaired) electrons. The summed E-state index contributed by atoms with van der Waals surface area (Å²) < 4.78 is 37.8. The van der Waals surface area contributed by atoms with Crippen LogP contribution in [0.3, 0.4) is 0 Å². The Bertz CT molecular complexity index is 667. The number of nitrogens with one attached hydrogen (secondary N) is 2. The molecule has 22 heavy (non-hydrogen) atoms. The lowest BCUT2D eigenvalue weighted by Gasteiger charge is -2.14. The summed E-state index contributed by atoms with van der Waals surface area (Å²) in [5, 5.41) is 18.7. The predicted octanol–water partition coefficient (Wildman–Crippen LogP) is 2.20. The molecule has 3 N–H and O–H groups in total. The minimum atomic E-state index is -4.48. The quantitative estimate of drug-likeness (QED) is 0.810. The van der Waals surface area contributed by atoms with E-state index in [1.165, 1.54) is 18.2 Å². The van der Waals surface area contributed by atoms with Crippen LogP contribution in [0.1, 0.15) is 33.4 Å². The topological polar surface area (TPSA) is 78.0 Å². The molecule has 5 nitrogen and oxygen atoms in total. The molecule has 0 saturated carbocycles. The van der Waals surface area contributed by atoms with E-state index in [0.717, 1.165) is 12.1 Å². The van der Waals surface area contributed by atoms with Crippen LogP contribution >= 0.6 is 0 Å². The van der Waals surface area contributed by atoms with E-state index in [-0.39, 0.29) is 17.8 Å². The maximum atomic E-state index is 12.6. The maximum absolute atomic E-state index is 12.6. The number of aromatic amines is 1. The molecule has 1 unspecified atom stereocenters. The van der Waals surface area contributed by atoms with Crippen LogP contribution in [-0.4, -0.2) is 27.8 Å². The Balaban J connectivity index is 2.00. The molecule has 1 amide bonds. The van der Waals surface area contributed by atoms with Crippen molar-refractivity contribution >= 4 is 5.91 Å². The van der Waals surface area contributed by atoms with E-state index in [2.05, 4.69) is 15.5 Å². The molecule has 8 heteroatoms. The maximum Gasteiger partial charge on any atom is 0.416 e. The van der Waals surface area contributed by atoms with Gasteiger partial charge in [-0.05, 0) is 30.7 Å². The first-order chi connectivity index (χ1) is 10.3. The van der Waals surface area contributed by atoms with Gasteiger partial charge in [0, 0.05) is 12.2 Å². The minimum absolute atomic E-state index is 0.0772. The van der Waals surface area contributed by atoms with Crippen LogP contribution in [0.25, 0.3) is 0 Å². The van der Waals surface area contributed by atoms with Crippen molar-refractivity contribution in [1.82, 2.24) is 15.5 Å². The summed E-state index contributed by atoms with van der Waals surface area (Å²) in [5.74, 6) is -0.518. The van der Waals surface area contributed by atoms with Crippen LogP contribution in [-0.2, 0) is 6.18 Å². The molecule has 1 heterocycles. The normalized spacial score (nSPS) is 13.0. The highest BCUT2D eigenvalue weighted by Crippen LogP contribution is 2.30. The molecule has 1 aromatic carbocycles. The average molecular weight is 313 g/mol. The van der Waals surface area contributed by atoms with Crippen molar-refractivity contribution in [3.63, 3.8) is 0 Å². The smallest absolute Gasteiger partial charge is 0.387 e. The average Bonchev–Trinajstić information content (AvgIpc) is 2.90. The first kappa shape index (κ1) is 16.0. The van der Waals surface area contributed by atoms with Crippen LogP contribution in [0.15, 0.2) is 30.3 Å². The van der Waals surface area contributed by atoms with Gasteiger partial charge in [-0.3, -0.25) is 9.89 Å². The van der Waals surface area contributed by atoms with Crippen LogP contribution in [0, 0.1) is 6.92 Å². The number of halogens is 3. The number of rotatable bonds is 4. The molecule has 1 aromatic heterocycles. The number of benzene rings is 1. The van der Waals surface area contributed by atoms with Crippen LogP contribution in [0.4, 0.5) is 13.2 Å². The van der Waals surface area contributed by atoms with Gasteiger partial charge in [-0.15, -0.1) is 0 Å². The predicted molar refractivity (Wildman–Crippen MR) is 72.1 cm³/mol. The van der Waals surface area contributed by atoms with Gasteiger partial charge < -0.3 is 10.4 Å². The molecular formula is C14H14F3N3O2. The lowest BCUT2D eigenvalue weighted by molar-refractivity contribution is -0.137. The second kappa shape index (κ2) is 6.18. The van der Waals surface area contributed by atoms with Crippen LogP contribution < -0.4 is 5.32 Å². The summed E-state index contributed by atoms with van der Waals surface area (Å²) in [6, 6.07) is 5.87. The summed E-state index contributed by atoms with van der Waals surface area (Å²) in [6.45, 7) is 1.51. The van der Waals surface area contributed by atoms with Crippen molar-refractivity contribution < 1.29 is 23.1 Å². The first-order valence-electron chi connectivity index (χ1n) is 6.43. The van der Waals surface area contributed by atoms with E-state index in [1.54, 1.807) is 6.92 Å². The van der Waals surface area contributed by atoms with Gasteiger partial charge in [0.25, 0.3) is 5.91 Å². The largest absolute Gasteiger partial charge is 0.416 e. The Hall–Kier alpha value is -2.35. The number of amides is 1. The summed E-state index contributed by atoms with van der Waals surface area (Å²) in [5.41, 5.74) is 0.0731. The Labute approximate surface area is 124 Å². The van der Waals surface area contributed by atoms with Crippen LogP contribution in [0.5, 0.6) is 0 Å². The van der Waals surface area contributed by atoms with Crippen molar-refractivity contribution in [2.75, 3.05) is 6.54 Å². The molecule has 118 valence electrons. The zero-order chi connectivity index (χ0) is 16.3. The van der Waals surface area contributed by atoms with Crippen molar-refractivity contribution in [3.05, 3.63) is 52.8 Å². The van der Waals surface area contributed by atoms with Crippen molar-refractivity contribution in [2.24, 2.45) is 0 Å². The highest BCUT2D eigenvalue weighted by atomic mass is 19.4. The minimum Gasteiger partial charge on any atom is -0.387 e. The number of hydrogen-bond acceptors (Lipinski definition) is 3. The lowest BCUT2D eigenvalue weighted by atomic mass is 10.1. The molecule has 0 aliphatic rings. The van der Waals surface area contributed by atoms with E-state index in [1.807, 2.05) is 0 Å². The second-order valence-electron chi connectivity index (χ2n) is 4.79. The first-order valence-corrected chi connectivity index (χ1v) is 6.43. The number of aliphatic hydroxyl groups is 1.